The molecule has 1 heterocycles. The Morgan fingerprint density at radius 3 is 1.70 bits per heavy atom. The number of carboxylic acid groups (broad SMARTS) is 1. The summed E-state index contributed by atoms with van der Waals surface area (Å²) in [4.78, 5) is 28.4. The lowest BCUT2D eigenvalue weighted by Gasteiger charge is -2.67. The zero-order chi connectivity index (χ0) is 27.4. The minimum Gasteiger partial charge on any atom is -0.478 e. The monoisotopic (exact) mass is 529 g/mol. The molecule has 4 fully saturated rings. The molecule has 1 aromatic heterocycles. The van der Waals surface area contributed by atoms with E-state index in [0.29, 0.717) is 22.8 Å². The predicted molar refractivity (Wildman–Crippen MR) is 152 cm³/mol. The Morgan fingerprint density at radius 2 is 1.20 bits per heavy atom. The molecule has 200 valence electrons. The van der Waals surface area contributed by atoms with Gasteiger partial charge < -0.3 is 9.84 Å². The third-order valence-electron chi connectivity index (χ3n) is 9.78. The molecule has 3 aromatic carbocycles. The fraction of sp³-hybridized carbons (Fsp3) is 0.286. The van der Waals surface area contributed by atoms with Crippen LogP contribution in [0.2, 0.25) is 0 Å². The molecule has 8 rings (SSSR count). The summed E-state index contributed by atoms with van der Waals surface area (Å²) in [5.74, 6) is -0.276. The van der Waals surface area contributed by atoms with Crippen molar-refractivity contribution >= 4 is 11.9 Å². The van der Waals surface area contributed by atoms with Crippen LogP contribution in [-0.4, -0.2) is 22.0 Å². The minimum absolute atomic E-state index is 0.0213. The van der Waals surface area contributed by atoms with Gasteiger partial charge >= 0.3 is 11.9 Å². The fourth-order valence-corrected chi connectivity index (χ4v) is 8.70. The van der Waals surface area contributed by atoms with Crippen LogP contribution in [0.3, 0.4) is 0 Å². The molecule has 5 nitrogen and oxygen atoms in total. The molecule has 1 N–H and O–H groups in total. The van der Waals surface area contributed by atoms with Crippen LogP contribution in [0.4, 0.5) is 0 Å². The first-order valence-corrected chi connectivity index (χ1v) is 14.0. The molecular formula is C35H31NO4. The van der Waals surface area contributed by atoms with Crippen molar-refractivity contribution in [3.63, 3.8) is 0 Å². The standard InChI is InChI=1S/C35H31NO4/c37-31(38)25-8-12-28(13-9-25)34-18-24-17-33(21-34,27-5-2-1-3-6-27)22-35(19-24,23-34)29-14-10-26(11-15-29)32(39)40-30-7-4-16-36-20-30/h1-16,20,24H,17-19,21-23H2,(H,37,38). The van der Waals surface area contributed by atoms with Gasteiger partial charge in [0.2, 0.25) is 0 Å². The van der Waals surface area contributed by atoms with Crippen LogP contribution in [0.5, 0.6) is 5.75 Å². The third kappa shape index (κ3) is 4.03. The van der Waals surface area contributed by atoms with Crippen LogP contribution in [-0.2, 0) is 16.2 Å². The maximum Gasteiger partial charge on any atom is 0.343 e. The number of aromatic carboxylic acids is 1. The van der Waals surface area contributed by atoms with Crippen molar-refractivity contribution in [2.24, 2.45) is 5.92 Å². The number of ether oxygens (including phenoxy) is 1. The van der Waals surface area contributed by atoms with E-state index >= 15 is 0 Å². The molecule has 0 saturated heterocycles. The van der Waals surface area contributed by atoms with Crippen LogP contribution in [0, 0.1) is 5.92 Å². The van der Waals surface area contributed by atoms with Gasteiger partial charge in [-0.2, -0.15) is 0 Å². The Bertz CT molecular complexity index is 1570. The van der Waals surface area contributed by atoms with Gasteiger partial charge in [0, 0.05) is 6.20 Å². The van der Waals surface area contributed by atoms with Crippen LogP contribution in [0.25, 0.3) is 0 Å². The molecule has 4 aliphatic rings. The Kier molecular flexibility index (Phi) is 5.67. The molecule has 4 saturated carbocycles. The van der Waals surface area contributed by atoms with E-state index in [0.717, 1.165) is 32.1 Å². The Hall–Kier alpha value is -4.25. The van der Waals surface area contributed by atoms with Crippen molar-refractivity contribution in [3.05, 3.63) is 131 Å². The zero-order valence-electron chi connectivity index (χ0n) is 22.3. The van der Waals surface area contributed by atoms with Gasteiger partial charge in [-0.25, -0.2) is 9.59 Å². The van der Waals surface area contributed by atoms with E-state index in [1.165, 1.54) is 29.3 Å². The summed E-state index contributed by atoms with van der Waals surface area (Å²) < 4.78 is 5.52. The van der Waals surface area contributed by atoms with Crippen LogP contribution >= 0.6 is 0 Å². The van der Waals surface area contributed by atoms with E-state index in [-0.39, 0.29) is 22.2 Å². The van der Waals surface area contributed by atoms with E-state index < -0.39 is 5.97 Å². The molecule has 0 amide bonds. The van der Waals surface area contributed by atoms with Crippen LogP contribution in [0.1, 0.15) is 75.9 Å². The van der Waals surface area contributed by atoms with Crippen molar-refractivity contribution < 1.29 is 19.4 Å². The molecule has 0 radical (unpaired) electrons. The van der Waals surface area contributed by atoms with Crippen molar-refractivity contribution in [2.45, 2.75) is 54.8 Å². The van der Waals surface area contributed by atoms with Crippen molar-refractivity contribution in [1.82, 2.24) is 4.98 Å². The van der Waals surface area contributed by atoms with E-state index in [2.05, 4.69) is 59.6 Å². The quantitative estimate of drug-likeness (QED) is 0.269. The average Bonchev–Trinajstić information content (AvgIpc) is 2.98. The largest absolute Gasteiger partial charge is 0.478 e. The van der Waals surface area contributed by atoms with Crippen LogP contribution in [0.15, 0.2) is 103 Å². The molecule has 0 spiro atoms. The number of nitrogens with zero attached hydrogens (tertiary/aromatic N) is 1. The fourth-order valence-electron chi connectivity index (χ4n) is 8.70. The smallest absolute Gasteiger partial charge is 0.343 e. The number of pyridine rings is 1. The second-order valence-electron chi connectivity index (χ2n) is 12.3. The van der Waals surface area contributed by atoms with Crippen molar-refractivity contribution in [2.75, 3.05) is 0 Å². The molecule has 5 heteroatoms. The van der Waals surface area contributed by atoms with Gasteiger partial charge in [0.05, 0.1) is 17.3 Å². The molecule has 4 atom stereocenters. The molecule has 40 heavy (non-hydrogen) atoms. The molecule has 4 bridgehead atoms. The molecular weight excluding hydrogens is 498 g/mol. The van der Waals surface area contributed by atoms with Gasteiger partial charge in [-0.1, -0.05) is 54.6 Å². The topological polar surface area (TPSA) is 76.5 Å². The van der Waals surface area contributed by atoms with Crippen molar-refractivity contribution in [3.8, 4) is 5.75 Å². The van der Waals surface area contributed by atoms with E-state index in [9.17, 15) is 14.7 Å². The highest BCUT2D eigenvalue weighted by atomic mass is 16.5. The van der Waals surface area contributed by atoms with Crippen LogP contribution < -0.4 is 4.74 Å². The van der Waals surface area contributed by atoms with E-state index in [4.69, 9.17) is 4.74 Å². The predicted octanol–water partition coefficient (Wildman–Crippen LogP) is 7.11. The maximum atomic E-state index is 12.8. The molecule has 4 aromatic rings. The Balaban J connectivity index is 1.27. The van der Waals surface area contributed by atoms with Gasteiger partial charge in [0.25, 0.3) is 0 Å². The number of esters is 1. The first kappa shape index (κ1) is 24.8. The summed E-state index contributed by atoms with van der Waals surface area (Å²) in [5, 5.41) is 9.50. The second kappa shape index (κ2) is 9.16. The van der Waals surface area contributed by atoms with Gasteiger partial charge in [-0.3, -0.25) is 4.98 Å². The number of hydrogen-bond donors (Lipinski definition) is 1. The zero-order valence-corrected chi connectivity index (χ0v) is 22.3. The summed E-state index contributed by atoms with van der Waals surface area (Å²) >= 11 is 0. The summed E-state index contributed by atoms with van der Waals surface area (Å²) in [6.45, 7) is 0. The lowest BCUT2D eigenvalue weighted by molar-refractivity contribution is -0.0493. The Labute approximate surface area is 233 Å². The number of carbonyl (C=O) groups excluding carboxylic acids is 1. The lowest BCUT2D eigenvalue weighted by Crippen LogP contribution is -2.61. The summed E-state index contributed by atoms with van der Waals surface area (Å²) in [7, 11) is 0. The summed E-state index contributed by atoms with van der Waals surface area (Å²) in [6.07, 6.45) is 9.81. The first-order valence-electron chi connectivity index (χ1n) is 14.0. The van der Waals surface area contributed by atoms with E-state index in [1.54, 1.807) is 30.5 Å². The number of rotatable bonds is 6. The highest BCUT2D eigenvalue weighted by molar-refractivity contribution is 5.91. The number of carbonyl (C=O) groups is 2. The molecule has 0 aliphatic heterocycles. The Morgan fingerprint density at radius 1 is 0.675 bits per heavy atom. The average molecular weight is 530 g/mol. The highest BCUT2D eigenvalue weighted by Crippen LogP contribution is 2.70. The number of carboxylic acids is 1. The highest BCUT2D eigenvalue weighted by Gasteiger charge is 2.64. The van der Waals surface area contributed by atoms with Gasteiger partial charge in [-0.05, 0) is 114 Å². The SMILES string of the molecule is O=C(O)c1ccc(C23CC4CC(c5ccccc5)(C2)CC(c2ccc(C(=O)Oc5cccnc5)cc2)(C4)C3)cc1. The number of benzene rings is 3. The number of hydrogen-bond acceptors (Lipinski definition) is 4. The first-order chi connectivity index (χ1) is 19.4. The molecule has 4 unspecified atom stereocenters. The lowest BCUT2D eigenvalue weighted by atomic mass is 9.36. The third-order valence-corrected chi connectivity index (χ3v) is 9.78. The number of aromatic nitrogens is 1. The second-order valence-corrected chi connectivity index (χ2v) is 12.3. The summed E-state index contributed by atoms with van der Waals surface area (Å²) in [6, 6.07) is 30.1. The summed E-state index contributed by atoms with van der Waals surface area (Å²) in [5.41, 5.74) is 4.81. The minimum atomic E-state index is -0.892. The maximum absolute atomic E-state index is 12.8. The van der Waals surface area contributed by atoms with E-state index in [1.807, 2.05) is 12.1 Å². The van der Waals surface area contributed by atoms with Gasteiger partial charge in [0.15, 0.2) is 0 Å². The molecule has 4 aliphatic carbocycles. The van der Waals surface area contributed by atoms with Gasteiger partial charge in [-0.15, -0.1) is 0 Å². The van der Waals surface area contributed by atoms with Gasteiger partial charge in [0.1, 0.15) is 5.75 Å². The normalized spacial score (nSPS) is 28.2. The van der Waals surface area contributed by atoms with Crippen molar-refractivity contribution in [1.29, 1.82) is 0 Å².